The Morgan fingerprint density at radius 2 is 1.58 bits per heavy atom. The van der Waals surface area contributed by atoms with E-state index in [-0.39, 0.29) is 18.0 Å². The molecular formula is C21H19BrN2O2. The largest absolute Gasteiger partial charge is 0.311 e. The van der Waals surface area contributed by atoms with Crippen LogP contribution in [0.15, 0.2) is 88.3 Å². The number of amides is 1. The summed E-state index contributed by atoms with van der Waals surface area (Å²) < 4.78 is 2.19. The van der Waals surface area contributed by atoms with E-state index in [9.17, 15) is 9.59 Å². The average molecular weight is 411 g/mol. The van der Waals surface area contributed by atoms with Gasteiger partial charge in [-0.3, -0.25) is 9.59 Å². The zero-order valence-electron chi connectivity index (χ0n) is 14.2. The van der Waals surface area contributed by atoms with Crippen LogP contribution in [-0.4, -0.2) is 17.0 Å². The van der Waals surface area contributed by atoms with E-state index < -0.39 is 0 Å². The number of hydrogen-bond donors (Lipinski definition) is 0. The van der Waals surface area contributed by atoms with E-state index in [0.717, 1.165) is 16.6 Å². The van der Waals surface area contributed by atoms with Crippen molar-refractivity contribution in [1.82, 2.24) is 4.57 Å². The van der Waals surface area contributed by atoms with E-state index in [1.807, 2.05) is 60.7 Å². The number of benzene rings is 2. The summed E-state index contributed by atoms with van der Waals surface area (Å²) in [6.45, 7) is 0.553. The maximum atomic E-state index is 12.9. The van der Waals surface area contributed by atoms with E-state index in [2.05, 4.69) is 15.9 Å². The Morgan fingerprint density at radius 3 is 2.27 bits per heavy atom. The lowest BCUT2D eigenvalue weighted by molar-refractivity contribution is -0.119. The number of nitrogens with zero attached hydrogens (tertiary/aromatic N) is 2. The van der Waals surface area contributed by atoms with Gasteiger partial charge in [-0.2, -0.15) is 0 Å². The van der Waals surface area contributed by atoms with Gasteiger partial charge in [0, 0.05) is 29.0 Å². The van der Waals surface area contributed by atoms with Crippen LogP contribution in [0.25, 0.3) is 0 Å². The van der Waals surface area contributed by atoms with Crippen molar-refractivity contribution in [2.75, 3.05) is 11.4 Å². The van der Waals surface area contributed by atoms with Gasteiger partial charge in [0.15, 0.2) is 0 Å². The second kappa shape index (κ2) is 8.63. The van der Waals surface area contributed by atoms with E-state index in [0.29, 0.717) is 6.54 Å². The van der Waals surface area contributed by atoms with E-state index in [1.54, 1.807) is 17.2 Å². The fraction of sp³-hybridized carbons (Fsp3) is 0.143. The molecule has 0 N–H and O–H groups in total. The Bertz CT molecular complexity index is 924. The van der Waals surface area contributed by atoms with Crippen LogP contribution in [0.4, 0.5) is 5.69 Å². The molecule has 1 amide bonds. The first kappa shape index (κ1) is 18.1. The third-order valence-electron chi connectivity index (χ3n) is 4.09. The van der Waals surface area contributed by atoms with Gasteiger partial charge in [0.1, 0.15) is 6.54 Å². The fourth-order valence-electron chi connectivity index (χ4n) is 2.75. The summed E-state index contributed by atoms with van der Waals surface area (Å²) in [5.74, 6) is -0.118. The molecule has 0 radical (unpaired) electrons. The number of anilines is 1. The molecule has 0 spiro atoms. The van der Waals surface area contributed by atoms with Gasteiger partial charge < -0.3 is 9.47 Å². The predicted octanol–water partition coefficient (Wildman–Crippen LogP) is 3.89. The van der Waals surface area contributed by atoms with Gasteiger partial charge in [-0.15, -0.1) is 0 Å². The lowest BCUT2D eigenvalue weighted by atomic mass is 10.1. The second-order valence-electron chi connectivity index (χ2n) is 5.93. The third-order valence-corrected chi connectivity index (χ3v) is 4.56. The maximum absolute atomic E-state index is 12.9. The maximum Gasteiger partial charge on any atom is 0.251 e. The minimum atomic E-state index is -0.197. The SMILES string of the molecule is O=C(Cn1cc(Br)ccc1=O)N(CCc1ccccc1)c1ccccc1. The smallest absolute Gasteiger partial charge is 0.251 e. The zero-order valence-corrected chi connectivity index (χ0v) is 15.8. The van der Waals surface area contributed by atoms with Gasteiger partial charge >= 0.3 is 0 Å². The topological polar surface area (TPSA) is 42.3 Å². The molecule has 5 heteroatoms. The average Bonchev–Trinajstić information content (AvgIpc) is 2.66. The van der Waals surface area contributed by atoms with Crippen molar-refractivity contribution in [3.8, 4) is 0 Å². The summed E-state index contributed by atoms with van der Waals surface area (Å²) in [7, 11) is 0. The van der Waals surface area contributed by atoms with Crippen molar-refractivity contribution in [1.29, 1.82) is 0 Å². The summed E-state index contributed by atoms with van der Waals surface area (Å²) in [4.78, 5) is 26.7. The van der Waals surface area contributed by atoms with Crippen molar-refractivity contribution in [3.63, 3.8) is 0 Å². The molecule has 2 aromatic carbocycles. The first-order valence-corrected chi connectivity index (χ1v) is 9.18. The Morgan fingerprint density at radius 1 is 0.923 bits per heavy atom. The van der Waals surface area contributed by atoms with Gasteiger partial charge in [0.2, 0.25) is 5.91 Å². The Hall–Kier alpha value is -2.66. The van der Waals surface area contributed by atoms with Crippen molar-refractivity contribution in [2.45, 2.75) is 13.0 Å². The van der Waals surface area contributed by atoms with Gasteiger partial charge in [-0.25, -0.2) is 0 Å². The molecule has 0 unspecified atom stereocenters. The minimum Gasteiger partial charge on any atom is -0.311 e. The molecule has 0 aliphatic rings. The summed E-state index contributed by atoms with van der Waals surface area (Å²) in [5.41, 5.74) is 1.80. The van der Waals surface area contributed by atoms with Crippen LogP contribution in [0.3, 0.4) is 0 Å². The Kier molecular flexibility index (Phi) is 6.02. The van der Waals surface area contributed by atoms with Gasteiger partial charge in [0.05, 0.1) is 0 Å². The van der Waals surface area contributed by atoms with Crippen LogP contribution in [0.2, 0.25) is 0 Å². The number of hydrogen-bond acceptors (Lipinski definition) is 2. The molecule has 0 aliphatic carbocycles. The second-order valence-corrected chi connectivity index (χ2v) is 6.85. The highest BCUT2D eigenvalue weighted by Crippen LogP contribution is 2.15. The number of aromatic nitrogens is 1. The molecule has 3 rings (SSSR count). The Labute approximate surface area is 160 Å². The lowest BCUT2D eigenvalue weighted by Gasteiger charge is -2.23. The summed E-state index contributed by atoms with van der Waals surface area (Å²) in [5, 5.41) is 0. The predicted molar refractivity (Wildman–Crippen MR) is 107 cm³/mol. The Balaban J connectivity index is 1.81. The lowest BCUT2D eigenvalue weighted by Crippen LogP contribution is -2.37. The van der Waals surface area contributed by atoms with Crippen LogP contribution in [-0.2, 0) is 17.8 Å². The highest BCUT2D eigenvalue weighted by atomic mass is 79.9. The number of carbonyl (C=O) groups is 1. The molecule has 1 heterocycles. The van der Waals surface area contributed by atoms with Crippen molar-refractivity contribution >= 4 is 27.5 Å². The quantitative estimate of drug-likeness (QED) is 0.618. The van der Waals surface area contributed by atoms with Crippen LogP contribution in [0, 0.1) is 0 Å². The highest BCUT2D eigenvalue weighted by Gasteiger charge is 2.16. The van der Waals surface area contributed by atoms with Gasteiger partial charge in [-0.1, -0.05) is 48.5 Å². The minimum absolute atomic E-state index is 0.00194. The standard InChI is InChI=1S/C21H19BrN2O2/c22-18-11-12-20(25)23(15-18)16-21(26)24(19-9-5-2-6-10-19)14-13-17-7-3-1-4-8-17/h1-12,15H,13-14,16H2. The van der Waals surface area contributed by atoms with E-state index in [4.69, 9.17) is 0 Å². The van der Waals surface area contributed by atoms with Crippen molar-refractivity contribution in [3.05, 3.63) is 99.4 Å². The number of halogens is 1. The number of para-hydroxylation sites is 1. The fourth-order valence-corrected chi connectivity index (χ4v) is 3.13. The van der Waals surface area contributed by atoms with Crippen LogP contribution in [0.1, 0.15) is 5.56 Å². The van der Waals surface area contributed by atoms with Crippen molar-refractivity contribution in [2.24, 2.45) is 0 Å². The number of carbonyl (C=O) groups excluding carboxylic acids is 1. The van der Waals surface area contributed by atoms with Crippen LogP contribution < -0.4 is 10.5 Å². The molecule has 0 fully saturated rings. The molecular weight excluding hydrogens is 392 g/mol. The molecule has 3 aromatic rings. The van der Waals surface area contributed by atoms with Gasteiger partial charge in [0.25, 0.3) is 5.56 Å². The third kappa shape index (κ3) is 4.70. The first-order chi connectivity index (χ1) is 12.6. The molecule has 4 nitrogen and oxygen atoms in total. The van der Waals surface area contributed by atoms with Crippen LogP contribution >= 0.6 is 15.9 Å². The molecule has 132 valence electrons. The number of rotatable bonds is 6. The monoisotopic (exact) mass is 410 g/mol. The first-order valence-electron chi connectivity index (χ1n) is 8.39. The van der Waals surface area contributed by atoms with E-state index >= 15 is 0 Å². The molecule has 0 aliphatic heterocycles. The zero-order chi connectivity index (χ0) is 18.4. The molecule has 1 aromatic heterocycles. The molecule has 0 atom stereocenters. The highest BCUT2D eigenvalue weighted by molar-refractivity contribution is 9.10. The van der Waals surface area contributed by atoms with Crippen LogP contribution in [0.5, 0.6) is 0 Å². The van der Waals surface area contributed by atoms with Crippen molar-refractivity contribution < 1.29 is 4.79 Å². The number of pyridine rings is 1. The molecule has 26 heavy (non-hydrogen) atoms. The molecule has 0 saturated carbocycles. The molecule has 0 saturated heterocycles. The van der Waals surface area contributed by atoms with E-state index in [1.165, 1.54) is 16.2 Å². The molecule has 0 bridgehead atoms. The summed E-state index contributed by atoms with van der Waals surface area (Å²) >= 11 is 3.34. The summed E-state index contributed by atoms with van der Waals surface area (Å²) in [6.07, 6.45) is 2.38. The normalized spacial score (nSPS) is 10.5. The van der Waals surface area contributed by atoms with Gasteiger partial charge in [-0.05, 0) is 46.1 Å². The summed E-state index contributed by atoms with van der Waals surface area (Å²) in [6, 6.07) is 22.7.